The average molecular weight is 285 g/mol. The molecule has 6 nitrogen and oxygen atoms in total. The molecule has 0 spiro atoms. The summed E-state index contributed by atoms with van der Waals surface area (Å²) in [6.45, 7) is 0.488. The molecule has 1 amide bonds. The lowest BCUT2D eigenvalue weighted by molar-refractivity contribution is 0.0903. The number of rotatable bonds is 4. The van der Waals surface area contributed by atoms with E-state index in [-0.39, 0.29) is 11.4 Å². The predicted octanol–water partition coefficient (Wildman–Crippen LogP) is 1.27. The molecule has 1 heterocycles. The molecule has 1 saturated carbocycles. The van der Waals surface area contributed by atoms with Gasteiger partial charge in [0.05, 0.1) is 11.2 Å². The zero-order valence-electron chi connectivity index (χ0n) is 11.8. The van der Waals surface area contributed by atoms with E-state index in [1.54, 1.807) is 17.1 Å². The zero-order chi connectivity index (χ0) is 14.7. The summed E-state index contributed by atoms with van der Waals surface area (Å²) in [6, 6.07) is 7.34. The SMILES string of the molecule is NCC1(NC(=O)c2cccc(-n3cncn3)c2)CCCC1. The third kappa shape index (κ3) is 2.80. The van der Waals surface area contributed by atoms with E-state index in [4.69, 9.17) is 5.73 Å². The first kappa shape index (κ1) is 13.8. The van der Waals surface area contributed by atoms with E-state index in [0.29, 0.717) is 12.1 Å². The Bertz CT molecular complexity index is 617. The van der Waals surface area contributed by atoms with Gasteiger partial charge in [0.2, 0.25) is 0 Å². The molecule has 6 heteroatoms. The van der Waals surface area contributed by atoms with Crippen LogP contribution in [0.5, 0.6) is 0 Å². The summed E-state index contributed by atoms with van der Waals surface area (Å²) in [6.07, 6.45) is 7.23. The summed E-state index contributed by atoms with van der Waals surface area (Å²) >= 11 is 0. The first-order valence-corrected chi connectivity index (χ1v) is 7.20. The summed E-state index contributed by atoms with van der Waals surface area (Å²) in [7, 11) is 0. The highest BCUT2D eigenvalue weighted by Gasteiger charge is 2.34. The fraction of sp³-hybridized carbons (Fsp3) is 0.400. The molecular formula is C15H19N5O. The van der Waals surface area contributed by atoms with Gasteiger partial charge in [0.1, 0.15) is 12.7 Å². The largest absolute Gasteiger partial charge is 0.345 e. The van der Waals surface area contributed by atoms with E-state index in [1.165, 1.54) is 6.33 Å². The van der Waals surface area contributed by atoms with Crippen LogP contribution < -0.4 is 11.1 Å². The lowest BCUT2D eigenvalue weighted by Crippen LogP contribution is -2.51. The number of hydrogen-bond acceptors (Lipinski definition) is 4. The van der Waals surface area contributed by atoms with Gasteiger partial charge in [-0.05, 0) is 31.0 Å². The molecule has 0 aliphatic heterocycles. The third-order valence-corrected chi connectivity index (χ3v) is 4.12. The average Bonchev–Trinajstić information content (AvgIpc) is 3.19. The van der Waals surface area contributed by atoms with Crippen LogP contribution in [0, 0.1) is 0 Å². The molecule has 0 saturated heterocycles. The summed E-state index contributed by atoms with van der Waals surface area (Å²) in [5.41, 5.74) is 7.06. The monoisotopic (exact) mass is 285 g/mol. The number of carbonyl (C=O) groups is 1. The van der Waals surface area contributed by atoms with E-state index in [1.807, 2.05) is 18.2 Å². The number of aromatic nitrogens is 3. The second-order valence-corrected chi connectivity index (χ2v) is 5.54. The van der Waals surface area contributed by atoms with Crippen molar-refractivity contribution < 1.29 is 4.79 Å². The number of benzene rings is 1. The highest BCUT2D eigenvalue weighted by atomic mass is 16.1. The van der Waals surface area contributed by atoms with Crippen LogP contribution in [0.1, 0.15) is 36.0 Å². The fourth-order valence-corrected chi connectivity index (χ4v) is 2.88. The predicted molar refractivity (Wildman–Crippen MR) is 79.1 cm³/mol. The third-order valence-electron chi connectivity index (χ3n) is 4.12. The van der Waals surface area contributed by atoms with Crippen molar-refractivity contribution in [1.82, 2.24) is 20.1 Å². The Kier molecular flexibility index (Phi) is 3.70. The molecule has 110 valence electrons. The normalized spacial score (nSPS) is 16.8. The molecule has 0 atom stereocenters. The van der Waals surface area contributed by atoms with E-state index in [9.17, 15) is 4.79 Å². The van der Waals surface area contributed by atoms with Crippen molar-refractivity contribution in [2.24, 2.45) is 5.73 Å². The van der Waals surface area contributed by atoms with Gasteiger partial charge in [-0.25, -0.2) is 9.67 Å². The lowest BCUT2D eigenvalue weighted by atomic mass is 9.97. The molecule has 1 fully saturated rings. The van der Waals surface area contributed by atoms with Gasteiger partial charge in [0, 0.05) is 12.1 Å². The Labute approximate surface area is 123 Å². The van der Waals surface area contributed by atoms with Gasteiger partial charge in [-0.2, -0.15) is 5.10 Å². The summed E-state index contributed by atoms with van der Waals surface area (Å²) in [5, 5.41) is 7.20. The van der Waals surface area contributed by atoms with Crippen molar-refractivity contribution >= 4 is 5.91 Å². The topological polar surface area (TPSA) is 85.8 Å². The molecule has 3 N–H and O–H groups in total. The fourth-order valence-electron chi connectivity index (χ4n) is 2.88. The maximum Gasteiger partial charge on any atom is 0.251 e. The number of carbonyl (C=O) groups excluding carboxylic acids is 1. The zero-order valence-corrected chi connectivity index (χ0v) is 11.8. The van der Waals surface area contributed by atoms with Crippen LogP contribution in [0.2, 0.25) is 0 Å². The van der Waals surface area contributed by atoms with Crippen LogP contribution in [0.15, 0.2) is 36.9 Å². The number of nitrogens with zero attached hydrogens (tertiary/aromatic N) is 3. The van der Waals surface area contributed by atoms with Crippen LogP contribution in [0.3, 0.4) is 0 Å². The summed E-state index contributed by atoms with van der Waals surface area (Å²) in [5.74, 6) is -0.0793. The van der Waals surface area contributed by atoms with Crippen molar-refractivity contribution in [3.05, 3.63) is 42.5 Å². The minimum absolute atomic E-state index is 0.0793. The minimum atomic E-state index is -0.236. The molecular weight excluding hydrogens is 266 g/mol. The standard InChI is InChI=1S/C15H19N5O/c16-9-15(6-1-2-7-15)19-14(21)12-4-3-5-13(8-12)20-11-17-10-18-20/h3-5,8,10-11H,1-2,6-7,9,16H2,(H,19,21). The second kappa shape index (κ2) is 5.65. The Morgan fingerprint density at radius 3 is 2.86 bits per heavy atom. The summed E-state index contributed by atoms with van der Waals surface area (Å²) in [4.78, 5) is 16.4. The molecule has 1 aliphatic rings. The molecule has 1 aromatic heterocycles. The molecule has 1 aromatic carbocycles. The van der Waals surface area contributed by atoms with Crippen LogP contribution in [-0.2, 0) is 0 Å². The molecule has 3 rings (SSSR count). The maximum atomic E-state index is 12.5. The van der Waals surface area contributed by atoms with Gasteiger partial charge >= 0.3 is 0 Å². The molecule has 21 heavy (non-hydrogen) atoms. The molecule has 1 aliphatic carbocycles. The van der Waals surface area contributed by atoms with E-state index >= 15 is 0 Å². The van der Waals surface area contributed by atoms with E-state index in [2.05, 4.69) is 15.4 Å². The molecule has 2 aromatic rings. The Hall–Kier alpha value is -2.21. The van der Waals surface area contributed by atoms with Crippen molar-refractivity contribution in [1.29, 1.82) is 0 Å². The summed E-state index contributed by atoms with van der Waals surface area (Å²) < 4.78 is 1.63. The highest BCUT2D eigenvalue weighted by molar-refractivity contribution is 5.95. The number of amides is 1. The first-order chi connectivity index (χ1) is 10.2. The molecule has 0 unspecified atom stereocenters. The number of nitrogens with one attached hydrogen (secondary N) is 1. The van der Waals surface area contributed by atoms with Crippen LogP contribution in [-0.4, -0.2) is 32.8 Å². The molecule has 0 bridgehead atoms. The minimum Gasteiger partial charge on any atom is -0.345 e. The van der Waals surface area contributed by atoms with Crippen LogP contribution in [0.25, 0.3) is 5.69 Å². The maximum absolute atomic E-state index is 12.5. The van der Waals surface area contributed by atoms with Crippen molar-refractivity contribution in [2.45, 2.75) is 31.2 Å². The quantitative estimate of drug-likeness (QED) is 0.885. The number of hydrogen-bond donors (Lipinski definition) is 2. The smallest absolute Gasteiger partial charge is 0.251 e. The van der Waals surface area contributed by atoms with Crippen molar-refractivity contribution in [3.8, 4) is 5.69 Å². The second-order valence-electron chi connectivity index (χ2n) is 5.54. The Balaban J connectivity index is 1.80. The molecule has 0 radical (unpaired) electrons. The van der Waals surface area contributed by atoms with Crippen molar-refractivity contribution in [3.63, 3.8) is 0 Å². The van der Waals surface area contributed by atoms with Gasteiger partial charge in [-0.1, -0.05) is 18.9 Å². The number of nitrogens with two attached hydrogens (primary N) is 1. The van der Waals surface area contributed by atoms with E-state index in [0.717, 1.165) is 31.4 Å². The van der Waals surface area contributed by atoms with E-state index < -0.39 is 0 Å². The van der Waals surface area contributed by atoms with Gasteiger partial charge in [-0.3, -0.25) is 4.79 Å². The van der Waals surface area contributed by atoms with Gasteiger partial charge in [0.25, 0.3) is 5.91 Å². The van der Waals surface area contributed by atoms with Crippen molar-refractivity contribution in [2.75, 3.05) is 6.54 Å². The van der Waals surface area contributed by atoms with Gasteiger partial charge < -0.3 is 11.1 Å². The first-order valence-electron chi connectivity index (χ1n) is 7.20. The van der Waals surface area contributed by atoms with Gasteiger partial charge in [0.15, 0.2) is 0 Å². The lowest BCUT2D eigenvalue weighted by Gasteiger charge is -2.28. The van der Waals surface area contributed by atoms with Crippen LogP contribution in [0.4, 0.5) is 0 Å². The highest BCUT2D eigenvalue weighted by Crippen LogP contribution is 2.29. The van der Waals surface area contributed by atoms with Crippen LogP contribution >= 0.6 is 0 Å². The van der Waals surface area contributed by atoms with Gasteiger partial charge in [-0.15, -0.1) is 0 Å². The Morgan fingerprint density at radius 2 is 2.19 bits per heavy atom. The Morgan fingerprint density at radius 1 is 1.38 bits per heavy atom.